The minimum Gasteiger partial charge on any atom is -0.496 e. The summed E-state index contributed by atoms with van der Waals surface area (Å²) in [6.07, 6.45) is 0. The molecule has 0 saturated heterocycles. The lowest BCUT2D eigenvalue weighted by atomic mass is 10.2. The van der Waals surface area contributed by atoms with E-state index in [4.69, 9.17) is 10.6 Å². The highest BCUT2D eigenvalue weighted by molar-refractivity contribution is 5.85. The lowest BCUT2D eigenvalue weighted by molar-refractivity contribution is 0.118. The molecule has 1 aromatic heterocycles. The average molecular weight is 275 g/mol. The molecule has 0 unspecified atom stereocenters. The summed E-state index contributed by atoms with van der Waals surface area (Å²) in [4.78, 5) is 8.51. The Balaban J connectivity index is 0.00000162. The van der Waals surface area contributed by atoms with Gasteiger partial charge in [-0.2, -0.15) is 5.10 Å². The molecule has 2 aromatic rings. The number of hydrogen-bond acceptors (Lipinski definition) is 5. The molecule has 0 bridgehead atoms. The number of aromatic amines is 1. The van der Waals surface area contributed by atoms with Crippen molar-refractivity contribution in [3.8, 4) is 17.1 Å². The lowest BCUT2D eigenvalue weighted by Crippen LogP contribution is -2.00. The summed E-state index contributed by atoms with van der Waals surface area (Å²) in [7, 11) is 1.50. The summed E-state index contributed by atoms with van der Waals surface area (Å²) >= 11 is 0. The fourth-order valence-corrected chi connectivity index (χ4v) is 1.42. The SMILES string of the molecule is COc1ccc(F)cc1-c1nc(CON)n[nH]1.Cl. The van der Waals surface area contributed by atoms with E-state index in [0.29, 0.717) is 23.0 Å². The highest BCUT2D eigenvalue weighted by Gasteiger charge is 2.12. The van der Waals surface area contributed by atoms with E-state index in [1.54, 1.807) is 0 Å². The summed E-state index contributed by atoms with van der Waals surface area (Å²) < 4.78 is 18.3. The number of nitrogens with zero attached hydrogens (tertiary/aromatic N) is 2. The number of ether oxygens (including phenoxy) is 1. The van der Waals surface area contributed by atoms with E-state index in [1.807, 2.05) is 0 Å². The van der Waals surface area contributed by atoms with Crippen molar-refractivity contribution in [3.63, 3.8) is 0 Å². The van der Waals surface area contributed by atoms with E-state index in [2.05, 4.69) is 20.0 Å². The summed E-state index contributed by atoms with van der Waals surface area (Å²) in [6, 6.07) is 4.14. The smallest absolute Gasteiger partial charge is 0.178 e. The van der Waals surface area contributed by atoms with Gasteiger partial charge in [-0.25, -0.2) is 15.3 Å². The number of aromatic nitrogens is 3. The fourth-order valence-electron chi connectivity index (χ4n) is 1.42. The van der Waals surface area contributed by atoms with Gasteiger partial charge in [-0.05, 0) is 18.2 Å². The lowest BCUT2D eigenvalue weighted by Gasteiger charge is -2.05. The van der Waals surface area contributed by atoms with Gasteiger partial charge in [0, 0.05) is 0 Å². The maximum Gasteiger partial charge on any atom is 0.178 e. The van der Waals surface area contributed by atoms with Crippen LogP contribution < -0.4 is 10.6 Å². The van der Waals surface area contributed by atoms with Crippen LogP contribution in [0.25, 0.3) is 11.4 Å². The molecule has 0 spiro atoms. The van der Waals surface area contributed by atoms with Crippen LogP contribution in [0.3, 0.4) is 0 Å². The molecular weight excluding hydrogens is 263 g/mol. The molecule has 0 aliphatic carbocycles. The van der Waals surface area contributed by atoms with Crippen molar-refractivity contribution in [1.29, 1.82) is 0 Å². The normalized spacial score (nSPS) is 9.94. The highest BCUT2D eigenvalue weighted by Crippen LogP contribution is 2.27. The highest BCUT2D eigenvalue weighted by atomic mass is 35.5. The molecular formula is C10H12ClFN4O2. The molecule has 6 nitrogen and oxygen atoms in total. The minimum absolute atomic E-state index is 0. The van der Waals surface area contributed by atoms with Crippen LogP contribution in [0.1, 0.15) is 5.82 Å². The Morgan fingerprint density at radius 2 is 2.22 bits per heavy atom. The zero-order valence-corrected chi connectivity index (χ0v) is 10.3. The van der Waals surface area contributed by atoms with E-state index < -0.39 is 0 Å². The number of nitrogens with two attached hydrogens (primary N) is 1. The van der Waals surface area contributed by atoms with E-state index in [0.717, 1.165) is 0 Å². The zero-order chi connectivity index (χ0) is 12.3. The first kappa shape index (κ1) is 14.4. The maximum absolute atomic E-state index is 13.2. The van der Waals surface area contributed by atoms with Crippen LogP contribution in [0.2, 0.25) is 0 Å². The molecule has 0 aliphatic heterocycles. The first-order valence-corrected chi connectivity index (χ1v) is 4.81. The van der Waals surface area contributed by atoms with Gasteiger partial charge in [-0.3, -0.25) is 9.94 Å². The van der Waals surface area contributed by atoms with Crippen LogP contribution in [-0.4, -0.2) is 22.3 Å². The fraction of sp³-hybridized carbons (Fsp3) is 0.200. The van der Waals surface area contributed by atoms with E-state index in [1.165, 1.54) is 25.3 Å². The van der Waals surface area contributed by atoms with Gasteiger partial charge in [0.25, 0.3) is 0 Å². The Labute approximate surface area is 109 Å². The molecule has 0 saturated carbocycles. The molecule has 0 fully saturated rings. The topological polar surface area (TPSA) is 86.1 Å². The molecule has 8 heteroatoms. The molecule has 0 atom stereocenters. The third-order valence-corrected chi connectivity index (χ3v) is 2.16. The number of halogens is 2. The largest absolute Gasteiger partial charge is 0.496 e. The average Bonchev–Trinajstić information content (AvgIpc) is 2.78. The van der Waals surface area contributed by atoms with Crippen LogP contribution in [0.15, 0.2) is 18.2 Å². The third-order valence-electron chi connectivity index (χ3n) is 2.16. The molecule has 98 valence electrons. The first-order valence-electron chi connectivity index (χ1n) is 4.81. The Morgan fingerprint density at radius 3 is 2.89 bits per heavy atom. The van der Waals surface area contributed by atoms with Crippen LogP contribution in [0.5, 0.6) is 5.75 Å². The Morgan fingerprint density at radius 1 is 1.44 bits per heavy atom. The van der Waals surface area contributed by atoms with Crippen LogP contribution in [0, 0.1) is 5.82 Å². The molecule has 0 amide bonds. The second-order valence-corrected chi connectivity index (χ2v) is 3.26. The number of rotatable bonds is 4. The predicted octanol–water partition coefficient (Wildman–Crippen LogP) is 1.43. The van der Waals surface area contributed by atoms with E-state index in [-0.39, 0.29) is 24.8 Å². The van der Waals surface area contributed by atoms with Crippen molar-refractivity contribution in [2.24, 2.45) is 5.90 Å². The van der Waals surface area contributed by atoms with Crippen LogP contribution >= 0.6 is 12.4 Å². The van der Waals surface area contributed by atoms with Crippen molar-refractivity contribution in [2.45, 2.75) is 6.61 Å². The monoisotopic (exact) mass is 274 g/mol. The quantitative estimate of drug-likeness (QED) is 0.824. The number of nitrogens with one attached hydrogen (secondary N) is 1. The van der Waals surface area contributed by atoms with Gasteiger partial charge in [-0.15, -0.1) is 12.4 Å². The molecule has 1 heterocycles. The third kappa shape index (κ3) is 2.95. The van der Waals surface area contributed by atoms with Crippen molar-refractivity contribution in [3.05, 3.63) is 29.8 Å². The Bertz CT molecular complexity index is 520. The van der Waals surface area contributed by atoms with Gasteiger partial charge in [0.05, 0.1) is 12.7 Å². The van der Waals surface area contributed by atoms with E-state index in [9.17, 15) is 4.39 Å². The van der Waals surface area contributed by atoms with Gasteiger partial charge in [0.15, 0.2) is 11.6 Å². The zero-order valence-electron chi connectivity index (χ0n) is 9.51. The summed E-state index contributed by atoms with van der Waals surface area (Å²) in [5, 5.41) is 6.53. The number of benzene rings is 1. The first-order chi connectivity index (χ1) is 8.24. The van der Waals surface area contributed by atoms with Crippen molar-refractivity contribution < 1.29 is 14.0 Å². The standard InChI is InChI=1S/C10H11FN4O2.ClH/c1-16-8-3-2-6(11)4-7(8)10-13-9(5-17-12)14-15-10;/h2-4H,5,12H2,1H3,(H,13,14,15);1H. The van der Waals surface area contributed by atoms with E-state index >= 15 is 0 Å². The van der Waals surface area contributed by atoms with Gasteiger partial charge in [-0.1, -0.05) is 0 Å². The Hall–Kier alpha value is -1.70. The summed E-state index contributed by atoms with van der Waals surface area (Å²) in [5.41, 5.74) is 0.489. The molecule has 1 aromatic carbocycles. The van der Waals surface area contributed by atoms with Crippen molar-refractivity contribution in [2.75, 3.05) is 7.11 Å². The Kier molecular flexibility index (Phi) is 5.02. The summed E-state index contributed by atoms with van der Waals surface area (Å²) in [6.45, 7) is 0.0775. The number of H-pyrrole nitrogens is 1. The molecule has 2 rings (SSSR count). The summed E-state index contributed by atoms with van der Waals surface area (Å²) in [5.74, 6) is 5.81. The number of hydrogen-bond donors (Lipinski definition) is 2. The van der Waals surface area contributed by atoms with Gasteiger partial charge in [0.1, 0.15) is 18.2 Å². The van der Waals surface area contributed by atoms with Crippen LogP contribution in [0.4, 0.5) is 4.39 Å². The second-order valence-electron chi connectivity index (χ2n) is 3.26. The molecule has 18 heavy (non-hydrogen) atoms. The maximum atomic E-state index is 13.2. The molecule has 3 N–H and O–H groups in total. The van der Waals surface area contributed by atoms with Gasteiger partial charge >= 0.3 is 0 Å². The van der Waals surface area contributed by atoms with Crippen LogP contribution in [-0.2, 0) is 11.4 Å². The second kappa shape index (κ2) is 6.29. The minimum atomic E-state index is -0.381. The van der Waals surface area contributed by atoms with Gasteiger partial charge in [0.2, 0.25) is 0 Å². The van der Waals surface area contributed by atoms with Crippen molar-refractivity contribution >= 4 is 12.4 Å². The number of methoxy groups -OCH3 is 1. The predicted molar refractivity (Wildman–Crippen MR) is 64.6 cm³/mol. The molecule has 0 aliphatic rings. The van der Waals surface area contributed by atoms with Crippen molar-refractivity contribution in [1.82, 2.24) is 15.2 Å². The molecule has 0 radical (unpaired) electrons. The van der Waals surface area contributed by atoms with Gasteiger partial charge < -0.3 is 4.74 Å².